The van der Waals surface area contributed by atoms with Gasteiger partial charge in [-0.2, -0.15) is 11.8 Å². The fraction of sp³-hybridized carbons (Fsp3) is 0.308. The van der Waals surface area contributed by atoms with Crippen LogP contribution < -0.4 is 11.3 Å². The molecule has 2 rings (SSSR count). The van der Waals surface area contributed by atoms with Gasteiger partial charge in [-0.05, 0) is 22.8 Å². The highest BCUT2D eigenvalue weighted by molar-refractivity contribution is 7.99. The minimum Gasteiger partial charge on any atom is -0.271 e. The van der Waals surface area contributed by atoms with Gasteiger partial charge in [0.2, 0.25) is 0 Å². The SMILES string of the molecule is CCSCC(NN)c1cccc2cnccc12. The number of nitrogens with zero attached hydrogens (tertiary/aromatic N) is 1. The van der Waals surface area contributed by atoms with Crippen molar-refractivity contribution in [3.05, 3.63) is 42.2 Å². The molecule has 17 heavy (non-hydrogen) atoms. The van der Waals surface area contributed by atoms with Gasteiger partial charge in [0.15, 0.2) is 0 Å². The van der Waals surface area contributed by atoms with Gasteiger partial charge in [0.25, 0.3) is 0 Å². The van der Waals surface area contributed by atoms with Gasteiger partial charge in [-0.3, -0.25) is 16.3 Å². The zero-order valence-electron chi connectivity index (χ0n) is 9.89. The second-order valence-corrected chi connectivity index (χ2v) is 5.14. The van der Waals surface area contributed by atoms with Crippen molar-refractivity contribution in [2.45, 2.75) is 13.0 Å². The van der Waals surface area contributed by atoms with Gasteiger partial charge in [0, 0.05) is 23.5 Å². The van der Waals surface area contributed by atoms with E-state index >= 15 is 0 Å². The Morgan fingerprint density at radius 1 is 1.41 bits per heavy atom. The molecule has 0 spiro atoms. The van der Waals surface area contributed by atoms with Crippen molar-refractivity contribution >= 4 is 22.5 Å². The third-order valence-corrected chi connectivity index (χ3v) is 3.76. The van der Waals surface area contributed by atoms with E-state index in [2.05, 4.69) is 35.5 Å². The smallest absolute Gasteiger partial charge is 0.0556 e. The highest BCUT2D eigenvalue weighted by atomic mass is 32.2. The molecule has 0 fully saturated rings. The van der Waals surface area contributed by atoms with E-state index < -0.39 is 0 Å². The number of thioether (sulfide) groups is 1. The summed E-state index contributed by atoms with van der Waals surface area (Å²) in [5.41, 5.74) is 4.15. The lowest BCUT2D eigenvalue weighted by Gasteiger charge is -2.17. The van der Waals surface area contributed by atoms with Gasteiger partial charge in [-0.15, -0.1) is 0 Å². The summed E-state index contributed by atoms with van der Waals surface area (Å²) < 4.78 is 0. The number of benzene rings is 1. The molecule has 3 nitrogen and oxygen atoms in total. The number of pyridine rings is 1. The van der Waals surface area contributed by atoms with Crippen LogP contribution in [0.1, 0.15) is 18.5 Å². The molecule has 4 heteroatoms. The maximum atomic E-state index is 5.66. The van der Waals surface area contributed by atoms with Crippen molar-refractivity contribution in [2.75, 3.05) is 11.5 Å². The highest BCUT2D eigenvalue weighted by Gasteiger charge is 2.12. The number of nitrogens with two attached hydrogens (primary N) is 1. The molecule has 0 aliphatic carbocycles. The molecule has 0 aliphatic rings. The summed E-state index contributed by atoms with van der Waals surface area (Å²) >= 11 is 1.89. The number of hydrogen-bond acceptors (Lipinski definition) is 4. The molecule has 0 saturated heterocycles. The van der Waals surface area contributed by atoms with Gasteiger partial charge in [0.05, 0.1) is 6.04 Å². The lowest BCUT2D eigenvalue weighted by atomic mass is 10.0. The minimum absolute atomic E-state index is 0.186. The molecule has 1 aromatic carbocycles. The van der Waals surface area contributed by atoms with Gasteiger partial charge in [0.1, 0.15) is 0 Å². The average molecular weight is 247 g/mol. The van der Waals surface area contributed by atoms with Crippen molar-refractivity contribution in [3.8, 4) is 0 Å². The van der Waals surface area contributed by atoms with Gasteiger partial charge in [-0.25, -0.2) is 0 Å². The Morgan fingerprint density at radius 2 is 2.29 bits per heavy atom. The Labute approximate surface area is 106 Å². The van der Waals surface area contributed by atoms with E-state index in [0.29, 0.717) is 0 Å². The molecule has 0 aliphatic heterocycles. The van der Waals surface area contributed by atoms with E-state index in [1.165, 1.54) is 10.9 Å². The Balaban J connectivity index is 2.38. The molecule has 1 atom stereocenters. The maximum absolute atomic E-state index is 5.66. The number of nitrogens with one attached hydrogen (secondary N) is 1. The summed E-state index contributed by atoms with van der Waals surface area (Å²) in [6.45, 7) is 2.16. The van der Waals surface area contributed by atoms with Crippen LogP contribution in [0, 0.1) is 0 Å². The normalized spacial score (nSPS) is 12.8. The zero-order valence-corrected chi connectivity index (χ0v) is 10.7. The summed E-state index contributed by atoms with van der Waals surface area (Å²) in [5.74, 6) is 7.74. The Kier molecular flexibility index (Phi) is 4.36. The van der Waals surface area contributed by atoms with Crippen LogP contribution in [0.5, 0.6) is 0 Å². The van der Waals surface area contributed by atoms with Crippen LogP contribution in [0.15, 0.2) is 36.7 Å². The topological polar surface area (TPSA) is 50.9 Å². The number of rotatable bonds is 5. The minimum atomic E-state index is 0.186. The first kappa shape index (κ1) is 12.4. The molecule has 0 radical (unpaired) electrons. The van der Waals surface area contributed by atoms with Crippen LogP contribution >= 0.6 is 11.8 Å². The summed E-state index contributed by atoms with van der Waals surface area (Å²) in [5, 5.41) is 2.38. The second kappa shape index (κ2) is 6.00. The van der Waals surface area contributed by atoms with E-state index in [4.69, 9.17) is 5.84 Å². The van der Waals surface area contributed by atoms with Crippen LogP contribution in [0.2, 0.25) is 0 Å². The quantitative estimate of drug-likeness (QED) is 0.629. The zero-order chi connectivity index (χ0) is 12.1. The molecule has 3 N–H and O–H groups in total. The number of hydrogen-bond donors (Lipinski definition) is 2. The highest BCUT2D eigenvalue weighted by Crippen LogP contribution is 2.25. The van der Waals surface area contributed by atoms with E-state index in [-0.39, 0.29) is 6.04 Å². The van der Waals surface area contributed by atoms with Crippen LogP contribution in [0.3, 0.4) is 0 Å². The van der Waals surface area contributed by atoms with E-state index in [9.17, 15) is 0 Å². The predicted octanol–water partition coefficient (Wildman–Crippen LogP) is 2.49. The Bertz CT molecular complexity index is 482. The average Bonchev–Trinajstić information content (AvgIpc) is 2.40. The summed E-state index contributed by atoms with van der Waals surface area (Å²) in [7, 11) is 0. The van der Waals surface area contributed by atoms with Crippen molar-refractivity contribution in [3.63, 3.8) is 0 Å². The molecule has 1 heterocycles. The largest absolute Gasteiger partial charge is 0.271 e. The molecule has 1 aromatic heterocycles. The van der Waals surface area contributed by atoms with Crippen LogP contribution in [-0.4, -0.2) is 16.5 Å². The van der Waals surface area contributed by atoms with Crippen LogP contribution in [-0.2, 0) is 0 Å². The van der Waals surface area contributed by atoms with E-state index in [0.717, 1.165) is 16.9 Å². The molecule has 2 aromatic rings. The second-order valence-electron chi connectivity index (χ2n) is 3.82. The van der Waals surface area contributed by atoms with Crippen LogP contribution in [0.4, 0.5) is 0 Å². The molecule has 0 amide bonds. The first-order valence-electron chi connectivity index (χ1n) is 5.73. The summed E-state index contributed by atoms with van der Waals surface area (Å²) in [6, 6.07) is 8.49. The molecule has 0 saturated carbocycles. The Morgan fingerprint density at radius 3 is 3.06 bits per heavy atom. The fourth-order valence-corrected chi connectivity index (χ4v) is 2.66. The molecular formula is C13H17N3S. The first-order chi connectivity index (χ1) is 8.36. The Hall–Kier alpha value is -1.10. The van der Waals surface area contributed by atoms with E-state index in [1.54, 1.807) is 0 Å². The predicted molar refractivity (Wildman–Crippen MR) is 74.8 cm³/mol. The lowest BCUT2D eigenvalue weighted by Crippen LogP contribution is -2.29. The number of fused-ring (bicyclic) bond motifs is 1. The first-order valence-corrected chi connectivity index (χ1v) is 6.88. The molecular weight excluding hydrogens is 230 g/mol. The molecule has 1 unspecified atom stereocenters. The maximum Gasteiger partial charge on any atom is 0.0556 e. The number of hydrazine groups is 1. The molecule has 90 valence electrons. The van der Waals surface area contributed by atoms with Crippen LogP contribution in [0.25, 0.3) is 10.8 Å². The van der Waals surface area contributed by atoms with Crippen molar-refractivity contribution in [1.82, 2.24) is 10.4 Å². The standard InChI is InChI=1S/C13H17N3S/c1-2-17-9-13(16-14)12-5-3-4-10-8-15-7-6-11(10)12/h3-8,13,16H,2,9,14H2,1H3. The lowest BCUT2D eigenvalue weighted by molar-refractivity contribution is 0.615. The number of aromatic nitrogens is 1. The van der Waals surface area contributed by atoms with Crippen molar-refractivity contribution in [1.29, 1.82) is 0 Å². The van der Waals surface area contributed by atoms with Crippen molar-refractivity contribution < 1.29 is 0 Å². The van der Waals surface area contributed by atoms with Gasteiger partial charge in [-0.1, -0.05) is 25.1 Å². The van der Waals surface area contributed by atoms with Gasteiger partial charge >= 0.3 is 0 Å². The summed E-state index contributed by atoms with van der Waals surface area (Å²) in [6.07, 6.45) is 3.71. The van der Waals surface area contributed by atoms with E-state index in [1.807, 2.05) is 30.2 Å². The fourth-order valence-electron chi connectivity index (χ4n) is 1.91. The summed E-state index contributed by atoms with van der Waals surface area (Å²) in [4.78, 5) is 4.14. The monoisotopic (exact) mass is 247 g/mol. The van der Waals surface area contributed by atoms with Crippen molar-refractivity contribution in [2.24, 2.45) is 5.84 Å². The molecule has 0 bridgehead atoms. The third kappa shape index (κ3) is 2.77. The van der Waals surface area contributed by atoms with Gasteiger partial charge < -0.3 is 0 Å². The third-order valence-electron chi connectivity index (χ3n) is 2.78.